The van der Waals surface area contributed by atoms with Gasteiger partial charge in [-0.3, -0.25) is 4.72 Å². The molecule has 20 heavy (non-hydrogen) atoms. The van der Waals surface area contributed by atoms with E-state index >= 15 is 0 Å². The molecule has 4 nitrogen and oxygen atoms in total. The Balaban J connectivity index is 2.30. The van der Waals surface area contributed by atoms with Crippen LogP contribution in [0.25, 0.3) is 0 Å². The highest BCUT2D eigenvalue weighted by atomic mass is 32.2. The van der Waals surface area contributed by atoms with Crippen molar-refractivity contribution in [3.05, 3.63) is 59.7 Å². The number of hydrogen-bond donors (Lipinski definition) is 2. The van der Waals surface area contributed by atoms with Crippen molar-refractivity contribution in [2.75, 3.05) is 4.72 Å². The molecular formula is C15H18N2O2S. The van der Waals surface area contributed by atoms with Crippen molar-refractivity contribution < 1.29 is 8.42 Å². The van der Waals surface area contributed by atoms with E-state index in [-0.39, 0.29) is 10.9 Å². The lowest BCUT2D eigenvalue weighted by molar-refractivity contribution is 0.601. The number of rotatable bonds is 4. The highest BCUT2D eigenvalue weighted by Crippen LogP contribution is 2.19. The van der Waals surface area contributed by atoms with E-state index in [0.717, 1.165) is 11.1 Å². The van der Waals surface area contributed by atoms with Crippen LogP contribution in [0.2, 0.25) is 0 Å². The van der Waals surface area contributed by atoms with Crippen molar-refractivity contribution in [1.29, 1.82) is 0 Å². The third kappa shape index (κ3) is 3.37. The van der Waals surface area contributed by atoms with E-state index in [1.165, 1.54) is 0 Å². The summed E-state index contributed by atoms with van der Waals surface area (Å²) in [7, 11) is -3.59. The molecular weight excluding hydrogens is 272 g/mol. The van der Waals surface area contributed by atoms with Gasteiger partial charge in [-0.25, -0.2) is 8.42 Å². The van der Waals surface area contributed by atoms with Gasteiger partial charge in [-0.05, 0) is 43.7 Å². The Kier molecular flexibility index (Phi) is 4.11. The number of anilines is 1. The van der Waals surface area contributed by atoms with Gasteiger partial charge in [0.25, 0.3) is 10.0 Å². The summed E-state index contributed by atoms with van der Waals surface area (Å²) in [6.07, 6.45) is 0. The molecule has 0 amide bonds. The van der Waals surface area contributed by atoms with Crippen molar-refractivity contribution in [1.82, 2.24) is 0 Å². The molecule has 1 unspecified atom stereocenters. The maximum Gasteiger partial charge on any atom is 0.261 e. The Morgan fingerprint density at radius 1 is 1.10 bits per heavy atom. The molecule has 0 aliphatic rings. The first-order chi connectivity index (χ1) is 9.38. The molecule has 0 saturated carbocycles. The highest BCUT2D eigenvalue weighted by molar-refractivity contribution is 7.92. The lowest BCUT2D eigenvalue weighted by atomic mass is 10.1. The number of nitrogens with one attached hydrogen (secondary N) is 1. The first-order valence-corrected chi connectivity index (χ1v) is 7.82. The average Bonchev–Trinajstić information content (AvgIpc) is 2.41. The number of hydrogen-bond acceptors (Lipinski definition) is 3. The second-order valence-electron chi connectivity index (χ2n) is 4.83. The summed E-state index contributed by atoms with van der Waals surface area (Å²) in [6.45, 7) is 3.77. The minimum Gasteiger partial charge on any atom is -0.324 e. The maximum absolute atomic E-state index is 12.3. The van der Waals surface area contributed by atoms with Crippen LogP contribution in [0.1, 0.15) is 24.1 Å². The quantitative estimate of drug-likeness (QED) is 0.909. The first-order valence-electron chi connectivity index (χ1n) is 6.33. The normalized spacial score (nSPS) is 12.9. The van der Waals surface area contributed by atoms with Gasteiger partial charge in [0.15, 0.2) is 0 Å². The lowest BCUT2D eigenvalue weighted by Crippen LogP contribution is -2.14. The third-order valence-corrected chi connectivity index (χ3v) is 4.38. The molecule has 1 atom stereocenters. The van der Waals surface area contributed by atoms with E-state index < -0.39 is 10.0 Å². The predicted octanol–water partition coefficient (Wildman–Crippen LogP) is 2.82. The predicted molar refractivity (Wildman–Crippen MR) is 81.0 cm³/mol. The van der Waals surface area contributed by atoms with Crippen LogP contribution in [0.3, 0.4) is 0 Å². The van der Waals surface area contributed by atoms with E-state index in [1.54, 1.807) is 30.3 Å². The molecule has 106 valence electrons. The van der Waals surface area contributed by atoms with Gasteiger partial charge in [-0.15, -0.1) is 0 Å². The molecule has 0 spiro atoms. The smallest absolute Gasteiger partial charge is 0.261 e. The fourth-order valence-corrected chi connectivity index (χ4v) is 2.91. The molecule has 0 saturated heterocycles. The zero-order valence-corrected chi connectivity index (χ0v) is 12.3. The first kappa shape index (κ1) is 14.6. The molecule has 3 N–H and O–H groups in total. The molecule has 2 aromatic carbocycles. The number of aryl methyl sites for hydroxylation is 1. The summed E-state index contributed by atoms with van der Waals surface area (Å²) in [5.41, 5.74) is 8.19. The fraction of sp³-hybridized carbons (Fsp3) is 0.200. The van der Waals surface area contributed by atoms with Crippen LogP contribution in [-0.2, 0) is 10.0 Å². The summed E-state index contributed by atoms with van der Waals surface area (Å²) in [4.78, 5) is 0.216. The second kappa shape index (κ2) is 5.64. The van der Waals surface area contributed by atoms with Gasteiger partial charge in [-0.1, -0.05) is 29.8 Å². The average molecular weight is 290 g/mol. The van der Waals surface area contributed by atoms with E-state index in [0.29, 0.717) is 5.69 Å². The Labute approximate surface area is 119 Å². The summed E-state index contributed by atoms with van der Waals surface area (Å²) in [5.74, 6) is 0. The molecule has 0 aliphatic carbocycles. The SMILES string of the molecule is Cc1ccc(NS(=O)(=O)c2cccc(C(C)N)c2)cc1. The number of sulfonamides is 1. The van der Waals surface area contributed by atoms with Crippen molar-refractivity contribution >= 4 is 15.7 Å². The molecule has 0 radical (unpaired) electrons. The fourth-order valence-electron chi connectivity index (χ4n) is 1.80. The maximum atomic E-state index is 12.3. The number of nitrogens with two attached hydrogens (primary N) is 1. The lowest BCUT2D eigenvalue weighted by Gasteiger charge is -2.11. The standard InChI is InChI=1S/C15H18N2O2S/c1-11-6-8-14(9-7-11)17-20(18,19)15-5-3-4-13(10-15)12(2)16/h3-10,12,17H,16H2,1-2H3. The Bertz CT molecular complexity index is 692. The van der Waals surface area contributed by atoms with Crippen LogP contribution in [-0.4, -0.2) is 8.42 Å². The Morgan fingerprint density at radius 3 is 2.35 bits per heavy atom. The largest absolute Gasteiger partial charge is 0.324 e. The molecule has 2 aromatic rings. The van der Waals surface area contributed by atoms with E-state index in [4.69, 9.17) is 5.73 Å². The molecule has 0 aliphatic heterocycles. The zero-order chi connectivity index (χ0) is 14.8. The molecule has 0 bridgehead atoms. The van der Waals surface area contributed by atoms with Crippen molar-refractivity contribution in [3.8, 4) is 0 Å². The van der Waals surface area contributed by atoms with Gasteiger partial charge in [-0.2, -0.15) is 0 Å². The second-order valence-corrected chi connectivity index (χ2v) is 6.52. The van der Waals surface area contributed by atoms with E-state index in [1.807, 2.05) is 32.0 Å². The van der Waals surface area contributed by atoms with Crippen molar-refractivity contribution in [2.24, 2.45) is 5.73 Å². The molecule has 0 aromatic heterocycles. The van der Waals surface area contributed by atoms with Crippen LogP contribution in [0, 0.1) is 6.92 Å². The van der Waals surface area contributed by atoms with Gasteiger partial charge in [0.2, 0.25) is 0 Å². The molecule has 5 heteroatoms. The Morgan fingerprint density at radius 2 is 1.75 bits per heavy atom. The highest BCUT2D eigenvalue weighted by Gasteiger charge is 2.15. The van der Waals surface area contributed by atoms with Crippen LogP contribution in [0.4, 0.5) is 5.69 Å². The van der Waals surface area contributed by atoms with Crippen molar-refractivity contribution in [3.63, 3.8) is 0 Å². The topological polar surface area (TPSA) is 72.2 Å². The minimum atomic E-state index is -3.59. The summed E-state index contributed by atoms with van der Waals surface area (Å²) in [5, 5.41) is 0. The van der Waals surface area contributed by atoms with Gasteiger partial charge < -0.3 is 5.73 Å². The van der Waals surface area contributed by atoms with Crippen LogP contribution in [0.15, 0.2) is 53.4 Å². The van der Waals surface area contributed by atoms with Gasteiger partial charge in [0.1, 0.15) is 0 Å². The van der Waals surface area contributed by atoms with Gasteiger partial charge in [0, 0.05) is 11.7 Å². The van der Waals surface area contributed by atoms with Crippen LogP contribution in [0.5, 0.6) is 0 Å². The monoisotopic (exact) mass is 290 g/mol. The number of benzene rings is 2. The van der Waals surface area contributed by atoms with E-state index in [2.05, 4.69) is 4.72 Å². The van der Waals surface area contributed by atoms with E-state index in [9.17, 15) is 8.42 Å². The summed E-state index contributed by atoms with van der Waals surface area (Å²) >= 11 is 0. The van der Waals surface area contributed by atoms with Crippen LogP contribution >= 0.6 is 0 Å². The molecule has 0 heterocycles. The van der Waals surface area contributed by atoms with Crippen LogP contribution < -0.4 is 10.5 Å². The summed E-state index contributed by atoms with van der Waals surface area (Å²) in [6, 6.07) is 13.7. The molecule has 0 fully saturated rings. The van der Waals surface area contributed by atoms with Gasteiger partial charge >= 0.3 is 0 Å². The van der Waals surface area contributed by atoms with Crippen molar-refractivity contribution in [2.45, 2.75) is 24.8 Å². The third-order valence-electron chi connectivity index (χ3n) is 3.00. The zero-order valence-electron chi connectivity index (χ0n) is 11.5. The van der Waals surface area contributed by atoms with Gasteiger partial charge in [0.05, 0.1) is 4.90 Å². The summed E-state index contributed by atoms with van der Waals surface area (Å²) < 4.78 is 27.2. The minimum absolute atomic E-state index is 0.204. The Hall–Kier alpha value is -1.85. The molecule has 2 rings (SSSR count).